The molecule has 1 aliphatic heterocycles. The number of amides is 1. The Morgan fingerprint density at radius 1 is 1.21 bits per heavy atom. The topological polar surface area (TPSA) is 83.8 Å². The summed E-state index contributed by atoms with van der Waals surface area (Å²) in [7, 11) is 1.53. The van der Waals surface area contributed by atoms with Crippen LogP contribution in [-0.2, 0) is 6.54 Å². The second-order valence-electron chi connectivity index (χ2n) is 6.30. The third kappa shape index (κ3) is 4.26. The predicted octanol–water partition coefficient (Wildman–Crippen LogP) is 2.99. The molecular formula is C21H21N3O5. The Bertz CT molecular complexity index is 971. The molecule has 29 heavy (non-hydrogen) atoms. The van der Waals surface area contributed by atoms with E-state index in [0.29, 0.717) is 60.6 Å². The van der Waals surface area contributed by atoms with Gasteiger partial charge in [0.25, 0.3) is 5.91 Å². The molecule has 1 N–H and O–H groups in total. The summed E-state index contributed by atoms with van der Waals surface area (Å²) in [6.45, 7) is 1.97. The van der Waals surface area contributed by atoms with Gasteiger partial charge in [-0.05, 0) is 24.3 Å². The Morgan fingerprint density at radius 3 is 2.90 bits per heavy atom. The molecule has 0 fully saturated rings. The number of nitrogens with one attached hydrogen (secondary N) is 1. The van der Waals surface area contributed by atoms with E-state index in [1.807, 2.05) is 29.0 Å². The van der Waals surface area contributed by atoms with Gasteiger partial charge in [0, 0.05) is 18.0 Å². The van der Waals surface area contributed by atoms with E-state index in [4.69, 9.17) is 18.9 Å². The number of fused-ring (bicyclic) bond motifs is 1. The molecule has 1 aliphatic rings. The van der Waals surface area contributed by atoms with Crippen molar-refractivity contribution in [3.8, 4) is 23.0 Å². The van der Waals surface area contributed by atoms with Crippen molar-refractivity contribution < 1.29 is 23.7 Å². The van der Waals surface area contributed by atoms with Crippen LogP contribution < -0.4 is 24.3 Å². The predicted molar refractivity (Wildman–Crippen MR) is 106 cm³/mol. The third-order valence-corrected chi connectivity index (χ3v) is 4.39. The number of carbonyl (C=O) groups excluding carboxylic acids is 1. The van der Waals surface area contributed by atoms with E-state index in [-0.39, 0.29) is 5.91 Å². The Labute approximate surface area is 168 Å². The van der Waals surface area contributed by atoms with E-state index >= 15 is 0 Å². The molecule has 0 atom stereocenters. The summed E-state index contributed by atoms with van der Waals surface area (Å²) >= 11 is 0. The van der Waals surface area contributed by atoms with Gasteiger partial charge in [-0.25, -0.2) is 4.98 Å². The monoisotopic (exact) mass is 395 g/mol. The molecule has 0 radical (unpaired) electrons. The number of aromatic nitrogens is 2. The molecule has 0 spiro atoms. The van der Waals surface area contributed by atoms with Crippen LogP contribution in [0.25, 0.3) is 0 Å². The molecule has 0 aliphatic carbocycles. The number of hydrogen-bond donors (Lipinski definition) is 1. The maximum absolute atomic E-state index is 12.8. The molecule has 3 aromatic rings. The van der Waals surface area contributed by atoms with Crippen LogP contribution in [-0.4, -0.2) is 42.4 Å². The minimum atomic E-state index is -0.300. The second-order valence-corrected chi connectivity index (χ2v) is 6.30. The van der Waals surface area contributed by atoms with Gasteiger partial charge in [0.05, 0.1) is 25.7 Å². The van der Waals surface area contributed by atoms with Crippen LogP contribution in [0.15, 0.2) is 55.1 Å². The molecule has 8 heteroatoms. The molecular weight excluding hydrogens is 374 g/mol. The number of nitrogens with zero attached hydrogens (tertiary/aromatic N) is 2. The highest BCUT2D eigenvalue weighted by Gasteiger charge is 2.21. The smallest absolute Gasteiger partial charge is 0.256 e. The number of imidazole rings is 1. The first-order valence-electron chi connectivity index (χ1n) is 9.21. The average Bonchev–Trinajstić information content (AvgIpc) is 3.27. The standard InChI is InChI=1S/C21H21N3O5/c1-26-18-12-15(13-19-20(18)29-11-10-28-19)21(25)23-16-4-2-3-5-17(16)27-9-8-24-7-6-22-14-24/h2-7,12-14H,8-11H2,1H3,(H,23,25). The van der Waals surface area contributed by atoms with Gasteiger partial charge in [-0.15, -0.1) is 0 Å². The zero-order chi connectivity index (χ0) is 20.1. The lowest BCUT2D eigenvalue weighted by Gasteiger charge is -2.21. The minimum absolute atomic E-state index is 0.300. The summed E-state index contributed by atoms with van der Waals surface area (Å²) in [5.41, 5.74) is 0.983. The largest absolute Gasteiger partial charge is 0.493 e. The van der Waals surface area contributed by atoms with Crippen LogP contribution >= 0.6 is 0 Å². The number of methoxy groups -OCH3 is 1. The quantitative estimate of drug-likeness (QED) is 0.662. The summed E-state index contributed by atoms with van der Waals surface area (Å²) in [5, 5.41) is 2.89. The van der Waals surface area contributed by atoms with Crippen LogP contribution in [0.2, 0.25) is 0 Å². The fourth-order valence-electron chi connectivity index (χ4n) is 2.97. The average molecular weight is 395 g/mol. The number of ether oxygens (including phenoxy) is 4. The molecule has 0 unspecified atom stereocenters. The number of para-hydroxylation sites is 2. The maximum atomic E-state index is 12.8. The van der Waals surface area contributed by atoms with E-state index in [1.54, 1.807) is 30.7 Å². The SMILES string of the molecule is COc1cc(C(=O)Nc2ccccc2OCCn2ccnc2)cc2c1OCCO2. The summed E-state index contributed by atoms with van der Waals surface area (Å²) in [6, 6.07) is 10.6. The molecule has 0 saturated heterocycles. The zero-order valence-corrected chi connectivity index (χ0v) is 16.0. The first-order chi connectivity index (χ1) is 14.2. The molecule has 0 saturated carbocycles. The van der Waals surface area contributed by atoms with E-state index in [1.165, 1.54) is 7.11 Å². The van der Waals surface area contributed by atoms with Gasteiger partial charge >= 0.3 is 0 Å². The first-order valence-corrected chi connectivity index (χ1v) is 9.21. The van der Waals surface area contributed by atoms with Crippen molar-refractivity contribution in [2.45, 2.75) is 6.54 Å². The molecule has 150 valence electrons. The molecule has 2 heterocycles. The van der Waals surface area contributed by atoms with Crippen LogP contribution in [0.1, 0.15) is 10.4 Å². The van der Waals surface area contributed by atoms with Crippen molar-refractivity contribution in [3.63, 3.8) is 0 Å². The van der Waals surface area contributed by atoms with Crippen LogP contribution in [0.3, 0.4) is 0 Å². The highest BCUT2D eigenvalue weighted by molar-refractivity contribution is 6.05. The first kappa shape index (κ1) is 18.7. The van der Waals surface area contributed by atoms with E-state index in [9.17, 15) is 4.79 Å². The minimum Gasteiger partial charge on any atom is -0.493 e. The molecule has 1 aromatic heterocycles. The Morgan fingerprint density at radius 2 is 2.07 bits per heavy atom. The highest BCUT2D eigenvalue weighted by atomic mass is 16.6. The van der Waals surface area contributed by atoms with Gasteiger partial charge in [-0.3, -0.25) is 4.79 Å². The molecule has 2 aromatic carbocycles. The lowest BCUT2D eigenvalue weighted by molar-refractivity contribution is 0.102. The summed E-state index contributed by atoms with van der Waals surface area (Å²) in [6.07, 6.45) is 5.31. The zero-order valence-electron chi connectivity index (χ0n) is 16.0. The van der Waals surface area contributed by atoms with Gasteiger partial charge in [-0.1, -0.05) is 12.1 Å². The second kappa shape index (κ2) is 8.55. The molecule has 8 nitrogen and oxygen atoms in total. The highest BCUT2D eigenvalue weighted by Crippen LogP contribution is 2.40. The number of benzene rings is 2. The molecule has 0 bridgehead atoms. The number of anilines is 1. The van der Waals surface area contributed by atoms with Gasteiger partial charge in [0.15, 0.2) is 11.5 Å². The Hall–Kier alpha value is -3.68. The van der Waals surface area contributed by atoms with E-state index in [0.717, 1.165) is 0 Å². The van der Waals surface area contributed by atoms with Crippen LogP contribution in [0, 0.1) is 0 Å². The Kier molecular flexibility index (Phi) is 5.51. The number of rotatable bonds is 7. The van der Waals surface area contributed by atoms with E-state index in [2.05, 4.69) is 10.3 Å². The van der Waals surface area contributed by atoms with E-state index < -0.39 is 0 Å². The molecule has 1 amide bonds. The fourth-order valence-corrected chi connectivity index (χ4v) is 2.97. The summed E-state index contributed by atoms with van der Waals surface area (Å²) in [5.74, 6) is 1.75. The third-order valence-electron chi connectivity index (χ3n) is 4.39. The normalized spacial score (nSPS) is 12.3. The van der Waals surface area contributed by atoms with Crippen molar-refractivity contribution in [1.82, 2.24) is 9.55 Å². The van der Waals surface area contributed by atoms with Crippen LogP contribution in [0.5, 0.6) is 23.0 Å². The number of hydrogen-bond acceptors (Lipinski definition) is 6. The van der Waals surface area contributed by atoms with Crippen molar-refractivity contribution in [3.05, 3.63) is 60.7 Å². The Balaban J connectivity index is 1.48. The summed E-state index contributed by atoms with van der Waals surface area (Å²) < 4.78 is 24.3. The maximum Gasteiger partial charge on any atom is 0.256 e. The van der Waals surface area contributed by atoms with Crippen molar-refractivity contribution in [2.75, 3.05) is 32.2 Å². The van der Waals surface area contributed by atoms with Gasteiger partial charge in [0.2, 0.25) is 5.75 Å². The summed E-state index contributed by atoms with van der Waals surface area (Å²) in [4.78, 5) is 16.9. The van der Waals surface area contributed by atoms with Crippen LogP contribution in [0.4, 0.5) is 5.69 Å². The van der Waals surface area contributed by atoms with Gasteiger partial charge < -0.3 is 28.8 Å². The fraction of sp³-hybridized carbons (Fsp3) is 0.238. The number of carbonyl (C=O) groups is 1. The lowest BCUT2D eigenvalue weighted by atomic mass is 10.1. The van der Waals surface area contributed by atoms with Crippen molar-refractivity contribution in [1.29, 1.82) is 0 Å². The van der Waals surface area contributed by atoms with Crippen molar-refractivity contribution in [2.24, 2.45) is 0 Å². The molecule has 4 rings (SSSR count). The van der Waals surface area contributed by atoms with Crippen molar-refractivity contribution >= 4 is 11.6 Å². The van der Waals surface area contributed by atoms with Gasteiger partial charge in [0.1, 0.15) is 25.6 Å². The lowest BCUT2D eigenvalue weighted by Crippen LogP contribution is -2.18. The van der Waals surface area contributed by atoms with Gasteiger partial charge in [-0.2, -0.15) is 0 Å².